The van der Waals surface area contributed by atoms with Gasteiger partial charge in [-0.15, -0.1) is 0 Å². The van der Waals surface area contributed by atoms with Crippen LogP contribution in [0.5, 0.6) is 11.5 Å². The van der Waals surface area contributed by atoms with E-state index in [9.17, 15) is 0 Å². The van der Waals surface area contributed by atoms with E-state index in [2.05, 4.69) is 67.6 Å². The second-order valence-electron chi connectivity index (χ2n) is 6.62. The van der Waals surface area contributed by atoms with Crippen molar-refractivity contribution in [3.8, 4) is 11.5 Å². The van der Waals surface area contributed by atoms with Gasteiger partial charge in [-0.2, -0.15) is 0 Å². The molecule has 25 heavy (non-hydrogen) atoms. The predicted molar refractivity (Wildman–Crippen MR) is 100 cm³/mol. The van der Waals surface area contributed by atoms with Crippen molar-refractivity contribution in [2.24, 2.45) is 0 Å². The Labute approximate surface area is 149 Å². The van der Waals surface area contributed by atoms with Crippen LogP contribution >= 0.6 is 0 Å². The fourth-order valence-electron chi connectivity index (χ4n) is 3.61. The van der Waals surface area contributed by atoms with Crippen molar-refractivity contribution in [3.05, 3.63) is 95.1 Å². The van der Waals surface area contributed by atoms with Crippen LogP contribution in [0, 0.1) is 6.92 Å². The highest BCUT2D eigenvalue weighted by molar-refractivity contribution is 5.47. The van der Waals surface area contributed by atoms with E-state index in [1.54, 1.807) is 7.11 Å². The van der Waals surface area contributed by atoms with Gasteiger partial charge in [0.2, 0.25) is 0 Å². The number of methoxy groups -OCH3 is 1. The SMILES string of the molecule is COc1ccc([C@H]2C[C@@H](c3ccccc3)c3cc(C)ccc3O2)cc1. The molecule has 4 rings (SSSR count). The molecule has 2 heteroatoms. The van der Waals surface area contributed by atoms with Crippen molar-refractivity contribution in [1.82, 2.24) is 0 Å². The molecule has 0 saturated heterocycles. The van der Waals surface area contributed by atoms with Gasteiger partial charge in [-0.05, 0) is 42.7 Å². The third-order valence-electron chi connectivity index (χ3n) is 4.95. The van der Waals surface area contributed by atoms with Crippen molar-refractivity contribution in [3.63, 3.8) is 0 Å². The van der Waals surface area contributed by atoms with Crippen molar-refractivity contribution >= 4 is 0 Å². The lowest BCUT2D eigenvalue weighted by Crippen LogP contribution is -2.20. The molecule has 3 aromatic rings. The molecule has 0 radical (unpaired) electrons. The summed E-state index contributed by atoms with van der Waals surface area (Å²) in [6.07, 6.45) is 0.985. The molecule has 0 saturated carbocycles. The molecule has 2 atom stereocenters. The van der Waals surface area contributed by atoms with Gasteiger partial charge in [0.25, 0.3) is 0 Å². The molecule has 0 fully saturated rings. The average molecular weight is 330 g/mol. The van der Waals surface area contributed by atoms with Gasteiger partial charge >= 0.3 is 0 Å². The fourth-order valence-corrected chi connectivity index (χ4v) is 3.61. The first-order valence-corrected chi connectivity index (χ1v) is 8.70. The average Bonchev–Trinajstić information content (AvgIpc) is 2.68. The molecule has 0 N–H and O–H groups in total. The van der Waals surface area contributed by atoms with E-state index < -0.39 is 0 Å². The summed E-state index contributed by atoms with van der Waals surface area (Å²) in [4.78, 5) is 0. The lowest BCUT2D eigenvalue weighted by atomic mass is 9.82. The topological polar surface area (TPSA) is 18.5 Å². The van der Waals surface area contributed by atoms with E-state index in [1.807, 2.05) is 12.1 Å². The zero-order valence-electron chi connectivity index (χ0n) is 14.6. The first-order valence-electron chi connectivity index (χ1n) is 8.70. The van der Waals surface area contributed by atoms with Crippen LogP contribution in [0.3, 0.4) is 0 Å². The Balaban J connectivity index is 1.74. The number of ether oxygens (including phenoxy) is 2. The summed E-state index contributed by atoms with van der Waals surface area (Å²) in [6, 6.07) is 25.4. The second-order valence-corrected chi connectivity index (χ2v) is 6.62. The van der Waals surface area contributed by atoms with Gasteiger partial charge in [0, 0.05) is 11.5 Å². The number of aryl methyl sites for hydroxylation is 1. The molecule has 1 aliphatic rings. The minimum Gasteiger partial charge on any atom is -0.497 e. The van der Waals surface area contributed by atoms with E-state index in [0.717, 1.165) is 17.9 Å². The van der Waals surface area contributed by atoms with Crippen molar-refractivity contribution in [2.45, 2.75) is 25.4 Å². The highest BCUT2D eigenvalue weighted by Gasteiger charge is 2.30. The second kappa shape index (κ2) is 6.64. The molecular formula is C23H22O2. The van der Waals surface area contributed by atoms with Crippen molar-refractivity contribution in [1.29, 1.82) is 0 Å². The largest absolute Gasteiger partial charge is 0.497 e. The van der Waals surface area contributed by atoms with Crippen LogP contribution in [0.25, 0.3) is 0 Å². The summed E-state index contributed by atoms with van der Waals surface area (Å²) in [6.45, 7) is 2.14. The normalized spacial score (nSPS) is 19.0. The first kappa shape index (κ1) is 15.8. The third kappa shape index (κ3) is 3.12. The minimum absolute atomic E-state index is 0.0475. The monoisotopic (exact) mass is 330 g/mol. The highest BCUT2D eigenvalue weighted by atomic mass is 16.5. The van der Waals surface area contributed by atoms with Crippen LogP contribution in [0.15, 0.2) is 72.8 Å². The summed E-state index contributed by atoms with van der Waals surface area (Å²) in [7, 11) is 1.69. The lowest BCUT2D eigenvalue weighted by Gasteiger charge is -2.33. The molecule has 0 aromatic heterocycles. The Morgan fingerprint density at radius 2 is 1.64 bits per heavy atom. The van der Waals surface area contributed by atoms with Gasteiger partial charge < -0.3 is 9.47 Å². The van der Waals surface area contributed by atoms with Crippen LogP contribution in [0.4, 0.5) is 0 Å². The Bertz CT molecular complexity index is 853. The molecule has 1 heterocycles. The van der Waals surface area contributed by atoms with Gasteiger partial charge in [0.15, 0.2) is 0 Å². The Hall–Kier alpha value is -2.74. The fraction of sp³-hybridized carbons (Fsp3) is 0.217. The zero-order valence-corrected chi connectivity index (χ0v) is 14.6. The first-order chi connectivity index (χ1) is 12.2. The maximum Gasteiger partial charge on any atom is 0.125 e. The summed E-state index contributed by atoms with van der Waals surface area (Å²) in [5, 5.41) is 0. The van der Waals surface area contributed by atoms with Crippen molar-refractivity contribution in [2.75, 3.05) is 7.11 Å². The quantitative estimate of drug-likeness (QED) is 0.617. The zero-order chi connectivity index (χ0) is 17.2. The van der Waals surface area contributed by atoms with Crippen LogP contribution in [-0.4, -0.2) is 7.11 Å². The molecule has 0 bridgehead atoms. The van der Waals surface area contributed by atoms with E-state index in [-0.39, 0.29) is 6.10 Å². The molecule has 0 aliphatic carbocycles. The lowest BCUT2D eigenvalue weighted by molar-refractivity contribution is 0.167. The Kier molecular flexibility index (Phi) is 4.19. The number of fused-ring (bicyclic) bond motifs is 1. The summed E-state index contributed by atoms with van der Waals surface area (Å²) < 4.78 is 11.6. The molecule has 126 valence electrons. The Morgan fingerprint density at radius 1 is 0.880 bits per heavy atom. The molecule has 0 amide bonds. The van der Waals surface area contributed by atoms with Gasteiger partial charge in [-0.1, -0.05) is 60.2 Å². The maximum atomic E-state index is 6.36. The number of hydrogen-bond acceptors (Lipinski definition) is 2. The molecule has 0 unspecified atom stereocenters. The van der Waals surface area contributed by atoms with Gasteiger partial charge in [-0.3, -0.25) is 0 Å². The third-order valence-corrected chi connectivity index (χ3v) is 4.95. The van der Waals surface area contributed by atoms with Crippen LogP contribution in [0.2, 0.25) is 0 Å². The molecule has 0 spiro atoms. The van der Waals surface area contributed by atoms with Crippen LogP contribution < -0.4 is 9.47 Å². The summed E-state index contributed by atoms with van der Waals surface area (Å²) in [5.41, 5.74) is 5.09. The van der Waals surface area contributed by atoms with E-state index in [4.69, 9.17) is 9.47 Å². The molecule has 2 nitrogen and oxygen atoms in total. The van der Waals surface area contributed by atoms with E-state index in [0.29, 0.717) is 5.92 Å². The highest BCUT2D eigenvalue weighted by Crippen LogP contribution is 2.45. The molecule has 1 aliphatic heterocycles. The van der Waals surface area contributed by atoms with Gasteiger partial charge in [0.05, 0.1) is 7.11 Å². The predicted octanol–water partition coefficient (Wildman–Crippen LogP) is 5.66. The van der Waals surface area contributed by atoms with Crippen LogP contribution in [-0.2, 0) is 0 Å². The van der Waals surface area contributed by atoms with Gasteiger partial charge in [0.1, 0.15) is 17.6 Å². The number of rotatable bonds is 3. The molecule has 3 aromatic carbocycles. The van der Waals surface area contributed by atoms with E-state index in [1.165, 1.54) is 22.3 Å². The number of benzene rings is 3. The minimum atomic E-state index is 0.0475. The standard InChI is InChI=1S/C23H22O2/c1-16-8-13-22-21(14-16)20(17-6-4-3-5-7-17)15-23(25-22)18-9-11-19(24-2)12-10-18/h3-14,20,23H,15H2,1-2H3/t20-,23+/m0/s1. The van der Waals surface area contributed by atoms with Gasteiger partial charge in [-0.25, -0.2) is 0 Å². The van der Waals surface area contributed by atoms with E-state index >= 15 is 0 Å². The van der Waals surface area contributed by atoms with Crippen LogP contribution in [0.1, 0.15) is 40.7 Å². The Morgan fingerprint density at radius 3 is 2.36 bits per heavy atom. The van der Waals surface area contributed by atoms with Crippen molar-refractivity contribution < 1.29 is 9.47 Å². The maximum absolute atomic E-state index is 6.36. The number of hydrogen-bond donors (Lipinski definition) is 0. The molecular weight excluding hydrogens is 308 g/mol. The summed E-state index contributed by atoms with van der Waals surface area (Å²) >= 11 is 0. The summed E-state index contributed by atoms with van der Waals surface area (Å²) in [5.74, 6) is 2.21. The smallest absolute Gasteiger partial charge is 0.125 e.